The first-order chi connectivity index (χ1) is 7.09. The molecule has 0 fully saturated rings. The Morgan fingerprint density at radius 1 is 1.40 bits per heavy atom. The summed E-state index contributed by atoms with van der Waals surface area (Å²) < 4.78 is 12.8. The molecule has 1 aromatic heterocycles. The second-order valence-corrected chi connectivity index (χ2v) is 3.00. The van der Waals surface area contributed by atoms with Crippen LogP contribution in [0.1, 0.15) is 19.4 Å². The van der Waals surface area contributed by atoms with Gasteiger partial charge in [0.05, 0.1) is 12.5 Å². The number of rotatable bonds is 2. The summed E-state index contributed by atoms with van der Waals surface area (Å²) in [4.78, 5) is 9.63. The Bertz CT molecular complexity index is 322. The molecule has 0 bridgehead atoms. The average Bonchev–Trinajstić information content (AvgIpc) is 2.23. The molecule has 4 heteroatoms. The third-order valence-corrected chi connectivity index (χ3v) is 1.45. The van der Waals surface area contributed by atoms with E-state index in [4.69, 9.17) is 0 Å². The molecule has 0 saturated carbocycles. The van der Waals surface area contributed by atoms with Crippen LogP contribution >= 0.6 is 0 Å². The summed E-state index contributed by atoms with van der Waals surface area (Å²) in [6.07, 6.45) is 2.80. The molecule has 0 radical (unpaired) electrons. The van der Waals surface area contributed by atoms with E-state index in [-0.39, 0.29) is 5.82 Å². The second-order valence-electron chi connectivity index (χ2n) is 3.00. The molecule has 3 nitrogen and oxygen atoms in total. The molecule has 0 saturated heterocycles. The summed E-state index contributed by atoms with van der Waals surface area (Å²) in [6, 6.07) is 1.61. The van der Waals surface area contributed by atoms with Gasteiger partial charge in [0.25, 0.3) is 0 Å². The van der Waals surface area contributed by atoms with Gasteiger partial charge in [-0.3, -0.25) is 0 Å². The molecule has 1 aromatic rings. The maximum atomic E-state index is 12.8. The molecule has 84 valence electrons. The van der Waals surface area contributed by atoms with E-state index in [1.54, 1.807) is 24.2 Å². The molecule has 1 rings (SSSR count). The van der Waals surface area contributed by atoms with Crippen LogP contribution in [0.2, 0.25) is 0 Å². The van der Waals surface area contributed by atoms with Crippen LogP contribution in [-0.2, 0) is 0 Å². The maximum absolute atomic E-state index is 12.8. The number of aromatic nitrogens is 1. The van der Waals surface area contributed by atoms with E-state index in [2.05, 4.69) is 9.98 Å². The van der Waals surface area contributed by atoms with Crippen LogP contribution in [0.25, 0.3) is 0 Å². The minimum absolute atomic E-state index is 0.302. The smallest absolute Gasteiger partial charge is 0.153 e. The zero-order valence-corrected chi connectivity index (χ0v) is 9.95. The van der Waals surface area contributed by atoms with Crippen LogP contribution in [-0.4, -0.2) is 30.3 Å². The SMILES string of the molecule is CC.Cc1cc(N=CN(C)C)ncc1F. The Balaban J connectivity index is 0.000000921. The van der Waals surface area contributed by atoms with Crippen molar-refractivity contribution >= 4 is 12.2 Å². The van der Waals surface area contributed by atoms with Gasteiger partial charge >= 0.3 is 0 Å². The molecule has 0 aromatic carbocycles. The van der Waals surface area contributed by atoms with Crippen molar-refractivity contribution in [3.63, 3.8) is 0 Å². The molecule has 0 N–H and O–H groups in total. The monoisotopic (exact) mass is 211 g/mol. The van der Waals surface area contributed by atoms with Gasteiger partial charge in [-0.25, -0.2) is 14.4 Å². The quantitative estimate of drug-likeness (QED) is 0.556. The van der Waals surface area contributed by atoms with E-state index < -0.39 is 0 Å². The Morgan fingerprint density at radius 2 is 2.00 bits per heavy atom. The highest BCUT2D eigenvalue weighted by molar-refractivity contribution is 5.59. The summed E-state index contributed by atoms with van der Waals surface area (Å²) >= 11 is 0. The lowest BCUT2D eigenvalue weighted by Crippen LogP contribution is -2.07. The zero-order valence-electron chi connectivity index (χ0n) is 9.95. The van der Waals surface area contributed by atoms with Crippen molar-refractivity contribution in [2.24, 2.45) is 4.99 Å². The Morgan fingerprint density at radius 3 is 2.47 bits per heavy atom. The maximum Gasteiger partial charge on any atom is 0.153 e. The average molecular weight is 211 g/mol. The lowest BCUT2D eigenvalue weighted by molar-refractivity contribution is 0.612. The Labute approximate surface area is 90.7 Å². The Hall–Kier alpha value is -1.45. The molecule has 0 aliphatic heterocycles. The van der Waals surface area contributed by atoms with E-state index in [1.165, 1.54) is 6.20 Å². The van der Waals surface area contributed by atoms with E-state index >= 15 is 0 Å². The van der Waals surface area contributed by atoms with Crippen LogP contribution in [0.15, 0.2) is 17.3 Å². The van der Waals surface area contributed by atoms with Gasteiger partial charge < -0.3 is 4.90 Å². The predicted molar refractivity (Wildman–Crippen MR) is 62.1 cm³/mol. The minimum Gasteiger partial charge on any atom is -0.369 e. The summed E-state index contributed by atoms with van der Waals surface area (Å²) in [5, 5.41) is 0. The molecule has 0 aliphatic rings. The number of hydrogen-bond acceptors (Lipinski definition) is 2. The van der Waals surface area contributed by atoms with Gasteiger partial charge in [0.1, 0.15) is 5.82 Å². The number of nitrogens with zero attached hydrogens (tertiary/aromatic N) is 3. The molecular weight excluding hydrogens is 193 g/mol. The van der Waals surface area contributed by atoms with Gasteiger partial charge in [-0.15, -0.1) is 0 Å². The molecule has 0 atom stereocenters. The highest BCUT2D eigenvalue weighted by atomic mass is 19.1. The van der Waals surface area contributed by atoms with Gasteiger partial charge in [0.15, 0.2) is 5.82 Å². The fraction of sp³-hybridized carbons (Fsp3) is 0.455. The van der Waals surface area contributed by atoms with Crippen LogP contribution in [0.3, 0.4) is 0 Å². The van der Waals surface area contributed by atoms with Crippen LogP contribution in [0.4, 0.5) is 10.2 Å². The van der Waals surface area contributed by atoms with Gasteiger partial charge in [0, 0.05) is 14.1 Å². The molecule has 1 heterocycles. The minimum atomic E-state index is -0.302. The highest BCUT2D eigenvalue weighted by Crippen LogP contribution is 2.11. The van der Waals surface area contributed by atoms with E-state index in [0.29, 0.717) is 11.4 Å². The molecule has 0 spiro atoms. The lowest BCUT2D eigenvalue weighted by Gasteiger charge is -2.02. The van der Waals surface area contributed by atoms with Gasteiger partial charge in [-0.1, -0.05) is 13.8 Å². The third kappa shape index (κ3) is 5.10. The first-order valence-corrected chi connectivity index (χ1v) is 4.92. The van der Waals surface area contributed by atoms with Crippen LogP contribution in [0, 0.1) is 12.7 Å². The van der Waals surface area contributed by atoms with Crippen molar-refractivity contribution in [1.82, 2.24) is 9.88 Å². The van der Waals surface area contributed by atoms with Gasteiger partial charge in [0.2, 0.25) is 0 Å². The van der Waals surface area contributed by atoms with Crippen LogP contribution in [0.5, 0.6) is 0 Å². The summed E-state index contributed by atoms with van der Waals surface area (Å²) in [5.74, 6) is 0.219. The third-order valence-electron chi connectivity index (χ3n) is 1.45. The van der Waals surface area contributed by atoms with Crippen molar-refractivity contribution in [2.45, 2.75) is 20.8 Å². The van der Waals surface area contributed by atoms with E-state index in [9.17, 15) is 4.39 Å². The van der Waals surface area contributed by atoms with Gasteiger partial charge in [-0.2, -0.15) is 0 Å². The lowest BCUT2D eigenvalue weighted by atomic mass is 10.3. The van der Waals surface area contributed by atoms with Crippen molar-refractivity contribution in [1.29, 1.82) is 0 Å². The van der Waals surface area contributed by atoms with Crippen molar-refractivity contribution in [3.05, 3.63) is 23.6 Å². The van der Waals surface area contributed by atoms with Gasteiger partial charge in [-0.05, 0) is 18.6 Å². The normalized spacial score (nSPS) is 9.73. The van der Waals surface area contributed by atoms with Crippen molar-refractivity contribution in [2.75, 3.05) is 14.1 Å². The molecule has 15 heavy (non-hydrogen) atoms. The highest BCUT2D eigenvalue weighted by Gasteiger charge is 1.97. The molecule has 0 aliphatic carbocycles. The molecular formula is C11H18FN3. The molecule has 0 amide bonds. The first-order valence-electron chi connectivity index (χ1n) is 4.92. The van der Waals surface area contributed by atoms with E-state index in [0.717, 1.165) is 0 Å². The summed E-state index contributed by atoms with van der Waals surface area (Å²) in [5.41, 5.74) is 0.556. The molecule has 0 unspecified atom stereocenters. The summed E-state index contributed by atoms with van der Waals surface area (Å²) in [6.45, 7) is 5.69. The standard InChI is InChI=1S/C9H12FN3.C2H6/c1-7-4-9(11-5-8(7)10)12-6-13(2)3;1-2/h4-6H,1-3H3;1-2H3. The largest absolute Gasteiger partial charge is 0.369 e. The number of halogens is 1. The first kappa shape index (κ1) is 13.5. The Kier molecular flexibility index (Phi) is 6.25. The topological polar surface area (TPSA) is 28.5 Å². The van der Waals surface area contributed by atoms with E-state index in [1.807, 2.05) is 27.9 Å². The number of hydrogen-bond donors (Lipinski definition) is 0. The number of aryl methyl sites for hydroxylation is 1. The van der Waals surface area contributed by atoms with Crippen LogP contribution < -0.4 is 0 Å². The van der Waals surface area contributed by atoms with Crippen molar-refractivity contribution < 1.29 is 4.39 Å². The van der Waals surface area contributed by atoms with Crippen molar-refractivity contribution in [3.8, 4) is 0 Å². The fourth-order valence-electron chi connectivity index (χ4n) is 0.770. The fourth-order valence-corrected chi connectivity index (χ4v) is 0.770. The predicted octanol–water partition coefficient (Wildman–Crippen LogP) is 2.78. The second kappa shape index (κ2) is 6.92. The zero-order chi connectivity index (χ0) is 11.8. The number of pyridine rings is 1. The number of aliphatic imine (C=N–C) groups is 1. The summed E-state index contributed by atoms with van der Waals surface area (Å²) in [7, 11) is 3.72.